The minimum absolute atomic E-state index is 0.326. The lowest BCUT2D eigenvalue weighted by Gasteiger charge is -2.07. The molecule has 1 rings (SSSR count). The number of carbonyl (C=O) groups excluding carboxylic acids is 2. The third kappa shape index (κ3) is 2.85. The fourth-order valence-electron chi connectivity index (χ4n) is 1.03. The summed E-state index contributed by atoms with van der Waals surface area (Å²) in [6.45, 7) is 1.59. The Morgan fingerprint density at radius 3 is 2.25 bits per heavy atom. The molecule has 82 valence electrons. The first-order valence-corrected chi connectivity index (χ1v) is 4.61. The van der Waals surface area contributed by atoms with Gasteiger partial charge in [0.25, 0.3) is 0 Å². The summed E-state index contributed by atoms with van der Waals surface area (Å²) in [5, 5.41) is 0. The summed E-state index contributed by atoms with van der Waals surface area (Å²) in [4.78, 5) is 22.2. The number of nitrogens with two attached hydrogens (primary N) is 1. The summed E-state index contributed by atoms with van der Waals surface area (Å²) in [6.07, 6.45) is 4.49. The minimum atomic E-state index is -0.580. The van der Waals surface area contributed by atoms with Crippen LogP contribution in [0.2, 0.25) is 0 Å². The smallest absolute Gasteiger partial charge is 0.339 e. The highest BCUT2D eigenvalue weighted by Gasteiger charge is 2.10. The molecule has 0 aliphatic heterocycles. The molecule has 4 heteroatoms. The predicted octanol–water partition coefficient (Wildman–Crippen LogP) is 0.964. The van der Waals surface area contributed by atoms with E-state index in [0.29, 0.717) is 11.1 Å². The van der Waals surface area contributed by atoms with Gasteiger partial charge in [-0.25, -0.2) is 4.79 Å². The number of esters is 1. The third-order valence-electron chi connectivity index (χ3n) is 1.92. The molecule has 0 aliphatic rings. The molecular weight excluding hydrogens is 206 g/mol. The molecule has 0 unspecified atom stereocenters. The predicted molar refractivity (Wildman–Crippen MR) is 58.7 cm³/mol. The number of hydrogen-bond acceptors (Lipinski definition) is 3. The Balaban J connectivity index is 2.79. The summed E-state index contributed by atoms with van der Waals surface area (Å²) in [5.74, 6) is 1.21. The fourth-order valence-corrected chi connectivity index (χ4v) is 1.03. The van der Waals surface area contributed by atoms with Crippen molar-refractivity contribution in [2.45, 2.75) is 13.0 Å². The Kier molecular flexibility index (Phi) is 3.67. The summed E-state index contributed by atoms with van der Waals surface area (Å²) in [6, 6.07) is 5.84. The lowest BCUT2D eigenvalue weighted by molar-refractivity contribution is 0.0438. The molecule has 0 saturated heterocycles. The van der Waals surface area contributed by atoms with E-state index in [2.05, 4.69) is 5.92 Å². The number of benzene rings is 1. The highest BCUT2D eigenvalue weighted by Crippen LogP contribution is 2.06. The van der Waals surface area contributed by atoms with Crippen LogP contribution < -0.4 is 5.73 Å². The van der Waals surface area contributed by atoms with Gasteiger partial charge in [0, 0.05) is 5.56 Å². The zero-order chi connectivity index (χ0) is 12.1. The number of primary amides is 1. The number of rotatable bonds is 3. The molecule has 0 aliphatic carbocycles. The van der Waals surface area contributed by atoms with Gasteiger partial charge >= 0.3 is 5.97 Å². The molecule has 1 atom stereocenters. The normalized spacial score (nSPS) is 11.2. The van der Waals surface area contributed by atoms with E-state index >= 15 is 0 Å². The largest absolute Gasteiger partial charge is 0.446 e. The van der Waals surface area contributed by atoms with Gasteiger partial charge in [-0.3, -0.25) is 4.79 Å². The quantitative estimate of drug-likeness (QED) is 0.605. The van der Waals surface area contributed by atoms with E-state index in [-0.39, 0.29) is 0 Å². The number of hydrogen-bond donors (Lipinski definition) is 1. The van der Waals surface area contributed by atoms with Crippen molar-refractivity contribution in [1.82, 2.24) is 0 Å². The van der Waals surface area contributed by atoms with Gasteiger partial charge in [-0.2, -0.15) is 0 Å². The van der Waals surface area contributed by atoms with Crippen LogP contribution in [0.4, 0.5) is 0 Å². The molecule has 16 heavy (non-hydrogen) atoms. The zero-order valence-corrected chi connectivity index (χ0v) is 8.77. The van der Waals surface area contributed by atoms with Gasteiger partial charge in [0.2, 0.25) is 5.91 Å². The van der Waals surface area contributed by atoms with Crippen LogP contribution in [0, 0.1) is 12.3 Å². The van der Waals surface area contributed by atoms with E-state index in [0.717, 1.165) is 0 Å². The number of carbonyl (C=O) groups is 2. The molecular formula is C12H11NO3. The average molecular weight is 217 g/mol. The zero-order valence-electron chi connectivity index (χ0n) is 8.77. The highest BCUT2D eigenvalue weighted by molar-refractivity contribution is 5.95. The van der Waals surface area contributed by atoms with Crippen LogP contribution in [0.25, 0.3) is 0 Å². The van der Waals surface area contributed by atoms with Gasteiger partial charge < -0.3 is 10.5 Å². The second-order valence-corrected chi connectivity index (χ2v) is 3.16. The molecule has 1 aromatic carbocycles. The summed E-state index contributed by atoms with van der Waals surface area (Å²) in [7, 11) is 0. The molecule has 0 aromatic heterocycles. The van der Waals surface area contributed by atoms with Crippen molar-refractivity contribution >= 4 is 11.9 Å². The lowest BCUT2D eigenvalue weighted by Crippen LogP contribution is -2.14. The summed E-state index contributed by atoms with van der Waals surface area (Å²) >= 11 is 0. The molecule has 0 fully saturated rings. The maximum atomic E-state index is 11.5. The van der Waals surface area contributed by atoms with Crippen molar-refractivity contribution in [1.29, 1.82) is 0 Å². The topological polar surface area (TPSA) is 69.4 Å². The van der Waals surface area contributed by atoms with Gasteiger partial charge in [-0.1, -0.05) is 5.92 Å². The van der Waals surface area contributed by atoms with E-state index in [4.69, 9.17) is 16.9 Å². The van der Waals surface area contributed by atoms with E-state index < -0.39 is 18.0 Å². The van der Waals surface area contributed by atoms with Crippen LogP contribution in [0.3, 0.4) is 0 Å². The van der Waals surface area contributed by atoms with E-state index in [1.165, 1.54) is 24.3 Å². The van der Waals surface area contributed by atoms with E-state index in [1.807, 2.05) is 0 Å². The van der Waals surface area contributed by atoms with Crippen LogP contribution in [-0.2, 0) is 4.74 Å². The number of terminal acetylenes is 1. The van der Waals surface area contributed by atoms with Crippen LogP contribution in [0.1, 0.15) is 27.6 Å². The Hall–Kier alpha value is -2.28. The maximum absolute atomic E-state index is 11.5. The second kappa shape index (κ2) is 4.99. The van der Waals surface area contributed by atoms with Gasteiger partial charge in [-0.15, -0.1) is 6.42 Å². The minimum Gasteiger partial charge on any atom is -0.446 e. The average Bonchev–Trinajstić information content (AvgIpc) is 2.28. The first-order chi connectivity index (χ1) is 7.54. The third-order valence-corrected chi connectivity index (χ3v) is 1.92. The molecule has 1 aromatic rings. The Bertz CT molecular complexity index is 442. The monoisotopic (exact) mass is 217 g/mol. The van der Waals surface area contributed by atoms with Crippen LogP contribution in [-0.4, -0.2) is 18.0 Å². The second-order valence-electron chi connectivity index (χ2n) is 3.16. The molecule has 0 radical (unpaired) electrons. The fraction of sp³-hybridized carbons (Fsp3) is 0.167. The van der Waals surface area contributed by atoms with Crippen LogP contribution in [0.5, 0.6) is 0 Å². The van der Waals surface area contributed by atoms with Crippen molar-refractivity contribution in [3.8, 4) is 12.3 Å². The maximum Gasteiger partial charge on any atom is 0.339 e. The standard InChI is InChI=1S/C12H11NO3/c1-3-8(2)16-12(15)10-6-4-9(5-7-10)11(13)14/h1,4-8H,2H3,(H2,13,14)/t8-/m1/s1. The molecule has 0 heterocycles. The first kappa shape index (κ1) is 11.8. The Morgan fingerprint density at radius 2 is 1.81 bits per heavy atom. The SMILES string of the molecule is C#C[C@@H](C)OC(=O)c1ccc(C(N)=O)cc1. The first-order valence-electron chi connectivity index (χ1n) is 4.61. The van der Waals surface area contributed by atoms with Crippen LogP contribution >= 0.6 is 0 Å². The van der Waals surface area contributed by atoms with Gasteiger partial charge in [0.1, 0.15) is 0 Å². The van der Waals surface area contributed by atoms with Crippen molar-refractivity contribution < 1.29 is 14.3 Å². The highest BCUT2D eigenvalue weighted by atomic mass is 16.5. The lowest BCUT2D eigenvalue weighted by atomic mass is 10.1. The summed E-state index contributed by atoms with van der Waals surface area (Å²) < 4.78 is 4.89. The Labute approximate surface area is 93.4 Å². The molecule has 2 N–H and O–H groups in total. The Morgan fingerprint density at radius 1 is 1.31 bits per heavy atom. The van der Waals surface area contributed by atoms with Crippen molar-refractivity contribution in [2.24, 2.45) is 5.73 Å². The molecule has 0 bridgehead atoms. The number of amides is 1. The van der Waals surface area contributed by atoms with E-state index in [9.17, 15) is 9.59 Å². The van der Waals surface area contributed by atoms with Gasteiger partial charge in [-0.05, 0) is 31.2 Å². The van der Waals surface area contributed by atoms with Crippen molar-refractivity contribution in [3.05, 3.63) is 35.4 Å². The van der Waals surface area contributed by atoms with E-state index in [1.54, 1.807) is 6.92 Å². The van der Waals surface area contributed by atoms with Crippen molar-refractivity contribution in [3.63, 3.8) is 0 Å². The molecule has 0 spiro atoms. The summed E-state index contributed by atoms with van der Waals surface area (Å²) in [5.41, 5.74) is 5.72. The molecule has 4 nitrogen and oxygen atoms in total. The number of ether oxygens (including phenoxy) is 1. The molecule has 1 amide bonds. The van der Waals surface area contributed by atoms with Gasteiger partial charge in [0.05, 0.1) is 5.56 Å². The van der Waals surface area contributed by atoms with Gasteiger partial charge in [0.15, 0.2) is 6.10 Å². The van der Waals surface area contributed by atoms with Crippen molar-refractivity contribution in [2.75, 3.05) is 0 Å². The van der Waals surface area contributed by atoms with Crippen LogP contribution in [0.15, 0.2) is 24.3 Å². The molecule has 0 saturated carbocycles.